The van der Waals surface area contributed by atoms with E-state index in [9.17, 15) is 8.42 Å². The lowest BCUT2D eigenvalue weighted by molar-refractivity contribution is 0.582. The molecular weight excluding hydrogens is 330 g/mol. The summed E-state index contributed by atoms with van der Waals surface area (Å²) in [5.74, 6) is 0. The van der Waals surface area contributed by atoms with Gasteiger partial charge < -0.3 is 0 Å². The predicted molar refractivity (Wildman–Crippen MR) is 74.3 cm³/mol. The van der Waals surface area contributed by atoms with E-state index >= 15 is 0 Å². The molecule has 0 N–H and O–H groups in total. The van der Waals surface area contributed by atoms with Crippen LogP contribution in [-0.2, 0) is 10.0 Å². The Labute approximate surface area is 118 Å². The first-order valence-corrected chi connectivity index (χ1v) is 7.62. The predicted octanol–water partition coefficient (Wildman–Crippen LogP) is 2.43. The van der Waals surface area contributed by atoms with Gasteiger partial charge in [0.25, 0.3) is 10.0 Å². The van der Waals surface area contributed by atoms with E-state index in [1.165, 1.54) is 18.3 Å². The van der Waals surface area contributed by atoms with Crippen LogP contribution in [0.1, 0.15) is 0 Å². The molecule has 0 bridgehead atoms. The average Bonchev–Trinajstić information content (AvgIpc) is 2.83. The van der Waals surface area contributed by atoms with E-state index in [1.807, 2.05) is 0 Å². The van der Waals surface area contributed by atoms with Gasteiger partial charge in [0.05, 0.1) is 11.1 Å². The van der Waals surface area contributed by atoms with E-state index < -0.39 is 10.0 Å². The maximum atomic E-state index is 12.4. The van der Waals surface area contributed by atoms with E-state index in [-0.39, 0.29) is 4.90 Å². The van der Waals surface area contributed by atoms with Crippen molar-refractivity contribution in [2.45, 2.75) is 4.90 Å². The Morgan fingerprint density at radius 1 is 1.11 bits per heavy atom. The Balaban J connectivity index is 2.25. The van der Waals surface area contributed by atoms with E-state index in [4.69, 9.17) is 0 Å². The van der Waals surface area contributed by atoms with Crippen LogP contribution in [0.5, 0.6) is 0 Å². The highest BCUT2D eigenvalue weighted by Crippen LogP contribution is 2.20. The molecule has 5 nitrogen and oxygen atoms in total. The van der Waals surface area contributed by atoms with Gasteiger partial charge in [-0.2, -0.15) is 13.5 Å². The standard InChI is InChI=1S/C12H8BrN3O2S/c13-10-6-9-7-15-16(12(9)14-8-10)19(17,18)11-4-2-1-3-5-11/h1-8H. The quantitative estimate of drug-likeness (QED) is 0.720. The van der Waals surface area contributed by atoms with Crippen molar-refractivity contribution in [1.29, 1.82) is 0 Å². The number of rotatable bonds is 2. The fourth-order valence-corrected chi connectivity index (χ4v) is 3.34. The maximum absolute atomic E-state index is 12.4. The summed E-state index contributed by atoms with van der Waals surface area (Å²) in [6, 6.07) is 9.93. The normalized spacial score (nSPS) is 11.8. The van der Waals surface area contributed by atoms with Crippen LogP contribution >= 0.6 is 15.9 Å². The molecule has 3 rings (SSSR count). The highest BCUT2D eigenvalue weighted by Gasteiger charge is 2.20. The molecule has 2 heterocycles. The van der Waals surface area contributed by atoms with Gasteiger partial charge in [0.15, 0.2) is 5.65 Å². The molecule has 0 radical (unpaired) electrons. The SMILES string of the molecule is O=S(=O)(c1ccccc1)n1ncc2cc(Br)cnc21. The molecule has 96 valence electrons. The summed E-state index contributed by atoms with van der Waals surface area (Å²) < 4.78 is 26.6. The maximum Gasteiger partial charge on any atom is 0.284 e. The molecule has 0 fully saturated rings. The van der Waals surface area contributed by atoms with Gasteiger partial charge in [0.1, 0.15) is 0 Å². The summed E-state index contributed by atoms with van der Waals surface area (Å²) >= 11 is 3.29. The summed E-state index contributed by atoms with van der Waals surface area (Å²) in [6.07, 6.45) is 3.02. The van der Waals surface area contributed by atoms with E-state index in [0.717, 1.165) is 8.56 Å². The highest BCUT2D eigenvalue weighted by molar-refractivity contribution is 9.10. The van der Waals surface area contributed by atoms with Gasteiger partial charge in [-0.1, -0.05) is 18.2 Å². The monoisotopic (exact) mass is 337 g/mol. The van der Waals surface area contributed by atoms with Crippen LogP contribution in [0.4, 0.5) is 0 Å². The zero-order chi connectivity index (χ0) is 13.5. The number of nitrogens with zero attached hydrogens (tertiary/aromatic N) is 3. The topological polar surface area (TPSA) is 64.8 Å². The minimum Gasteiger partial charge on any atom is -0.235 e. The second-order valence-electron chi connectivity index (χ2n) is 3.87. The van der Waals surface area contributed by atoms with Crippen LogP contribution in [0, 0.1) is 0 Å². The van der Waals surface area contributed by atoms with Gasteiger partial charge in [0.2, 0.25) is 0 Å². The molecule has 0 atom stereocenters. The lowest BCUT2D eigenvalue weighted by Gasteiger charge is -2.04. The lowest BCUT2D eigenvalue weighted by atomic mass is 10.4. The van der Waals surface area contributed by atoms with E-state index in [2.05, 4.69) is 26.0 Å². The molecular formula is C12H8BrN3O2S. The Bertz CT molecular complexity index is 844. The van der Waals surface area contributed by atoms with Gasteiger partial charge in [-0.3, -0.25) is 0 Å². The van der Waals surface area contributed by atoms with Crippen LogP contribution < -0.4 is 0 Å². The number of fused-ring (bicyclic) bond motifs is 1. The molecule has 0 spiro atoms. The van der Waals surface area contributed by atoms with Gasteiger partial charge in [-0.05, 0) is 34.1 Å². The number of hydrogen-bond acceptors (Lipinski definition) is 4. The lowest BCUT2D eigenvalue weighted by Crippen LogP contribution is -2.14. The minimum atomic E-state index is -3.71. The molecule has 0 saturated heterocycles. The van der Waals surface area contributed by atoms with Gasteiger partial charge >= 0.3 is 0 Å². The molecule has 0 aliphatic heterocycles. The first kappa shape index (κ1) is 12.3. The van der Waals surface area contributed by atoms with Crippen molar-refractivity contribution >= 4 is 37.0 Å². The average molecular weight is 338 g/mol. The molecule has 19 heavy (non-hydrogen) atoms. The minimum absolute atomic E-state index is 0.185. The largest absolute Gasteiger partial charge is 0.284 e. The molecule has 0 saturated carbocycles. The zero-order valence-corrected chi connectivity index (χ0v) is 12.0. The Kier molecular flexibility index (Phi) is 2.87. The van der Waals surface area contributed by atoms with Gasteiger partial charge in [-0.25, -0.2) is 4.98 Å². The third-order valence-corrected chi connectivity index (χ3v) is 4.64. The fourth-order valence-electron chi connectivity index (χ4n) is 1.74. The summed E-state index contributed by atoms with van der Waals surface area (Å²) in [6.45, 7) is 0. The van der Waals surface area contributed by atoms with Crippen molar-refractivity contribution in [3.8, 4) is 0 Å². The van der Waals surface area contributed by atoms with Crippen LogP contribution in [0.2, 0.25) is 0 Å². The number of halogens is 1. The first-order valence-electron chi connectivity index (χ1n) is 5.39. The highest BCUT2D eigenvalue weighted by atomic mass is 79.9. The van der Waals surface area contributed by atoms with E-state index in [0.29, 0.717) is 11.0 Å². The van der Waals surface area contributed by atoms with Crippen LogP contribution in [0.25, 0.3) is 11.0 Å². The Morgan fingerprint density at radius 2 is 1.84 bits per heavy atom. The molecule has 2 aromatic heterocycles. The van der Waals surface area contributed by atoms with Gasteiger partial charge in [0, 0.05) is 16.1 Å². The molecule has 1 aromatic carbocycles. The van der Waals surface area contributed by atoms with Crippen molar-refractivity contribution in [3.63, 3.8) is 0 Å². The van der Waals surface area contributed by atoms with Crippen molar-refractivity contribution < 1.29 is 8.42 Å². The second kappa shape index (κ2) is 4.43. The van der Waals surface area contributed by atoms with Crippen molar-refractivity contribution in [2.75, 3.05) is 0 Å². The van der Waals surface area contributed by atoms with Crippen molar-refractivity contribution in [1.82, 2.24) is 14.2 Å². The molecule has 0 aliphatic carbocycles. The first-order chi connectivity index (χ1) is 9.09. The third-order valence-electron chi connectivity index (χ3n) is 2.61. The summed E-state index contributed by atoms with van der Waals surface area (Å²) in [5, 5.41) is 4.59. The van der Waals surface area contributed by atoms with Crippen LogP contribution in [0.3, 0.4) is 0 Å². The van der Waals surface area contributed by atoms with Crippen LogP contribution in [-0.4, -0.2) is 22.6 Å². The van der Waals surface area contributed by atoms with Gasteiger partial charge in [-0.15, -0.1) is 4.09 Å². The number of hydrogen-bond donors (Lipinski definition) is 0. The summed E-state index contributed by atoms with van der Waals surface area (Å²) in [4.78, 5) is 4.29. The van der Waals surface area contributed by atoms with Crippen molar-refractivity contribution in [2.24, 2.45) is 0 Å². The molecule has 0 unspecified atom stereocenters. The second-order valence-corrected chi connectivity index (χ2v) is 6.56. The molecule has 3 aromatic rings. The Morgan fingerprint density at radius 3 is 2.58 bits per heavy atom. The third kappa shape index (κ3) is 2.04. The summed E-state index contributed by atoms with van der Waals surface area (Å²) in [7, 11) is -3.71. The van der Waals surface area contributed by atoms with Crippen molar-refractivity contribution in [3.05, 3.63) is 53.3 Å². The molecule has 7 heteroatoms. The number of aromatic nitrogens is 3. The Hall–Kier alpha value is -1.73. The molecule has 0 aliphatic rings. The smallest absolute Gasteiger partial charge is 0.235 e. The summed E-state index contributed by atoms with van der Waals surface area (Å²) in [5.41, 5.74) is 0.312. The number of pyridine rings is 1. The molecule has 0 amide bonds. The fraction of sp³-hybridized carbons (Fsp3) is 0. The van der Waals surface area contributed by atoms with Crippen LogP contribution in [0.15, 0.2) is 58.2 Å². The number of benzene rings is 1. The zero-order valence-electron chi connectivity index (χ0n) is 9.56. The van der Waals surface area contributed by atoms with E-state index in [1.54, 1.807) is 30.5 Å².